The first-order valence-corrected chi connectivity index (χ1v) is 6.14. The van der Waals surface area contributed by atoms with Crippen LogP contribution in [-0.4, -0.2) is 26.1 Å². The van der Waals surface area contributed by atoms with Gasteiger partial charge in [0.1, 0.15) is 5.82 Å². The molecule has 0 fully saturated rings. The van der Waals surface area contributed by atoms with Gasteiger partial charge in [-0.05, 0) is 17.5 Å². The average molecular weight is 245 g/mol. The molecular formula is C13H15N3O2. The summed E-state index contributed by atoms with van der Waals surface area (Å²) < 4.78 is 3.07. The zero-order chi connectivity index (χ0) is 12.5. The Labute approximate surface area is 104 Å². The fourth-order valence-corrected chi connectivity index (χ4v) is 2.46. The van der Waals surface area contributed by atoms with Crippen molar-refractivity contribution in [2.75, 3.05) is 6.61 Å². The summed E-state index contributed by atoms with van der Waals surface area (Å²) in [6, 6.07) is 8.23. The maximum absolute atomic E-state index is 12.1. The second-order valence-electron chi connectivity index (χ2n) is 4.49. The first-order valence-electron chi connectivity index (χ1n) is 6.14. The third-order valence-electron chi connectivity index (χ3n) is 3.38. The van der Waals surface area contributed by atoms with Crippen LogP contribution in [0.25, 0.3) is 0 Å². The van der Waals surface area contributed by atoms with Gasteiger partial charge in [0.25, 0.3) is 0 Å². The van der Waals surface area contributed by atoms with Crippen molar-refractivity contribution in [1.82, 2.24) is 14.3 Å². The number of aliphatic hydroxyl groups excluding tert-OH is 1. The first kappa shape index (κ1) is 11.2. The Balaban J connectivity index is 2.04. The molecule has 0 aliphatic carbocycles. The van der Waals surface area contributed by atoms with Crippen molar-refractivity contribution < 1.29 is 5.11 Å². The Hall–Kier alpha value is -1.88. The smallest absolute Gasteiger partial charge is 0.346 e. The lowest BCUT2D eigenvalue weighted by molar-refractivity contribution is 0.266. The number of rotatable bonds is 2. The van der Waals surface area contributed by atoms with E-state index in [9.17, 15) is 4.79 Å². The summed E-state index contributed by atoms with van der Waals surface area (Å²) in [6.45, 7) is 0.865. The molecule has 1 aliphatic rings. The SMILES string of the molecule is O=c1n(CCO)nc2n1CCc1ccccc1C2. The van der Waals surface area contributed by atoms with Crippen LogP contribution in [0.5, 0.6) is 0 Å². The summed E-state index contributed by atoms with van der Waals surface area (Å²) in [5.41, 5.74) is 2.40. The van der Waals surface area contributed by atoms with E-state index in [0.29, 0.717) is 13.0 Å². The molecule has 0 amide bonds. The van der Waals surface area contributed by atoms with E-state index in [1.54, 1.807) is 4.57 Å². The van der Waals surface area contributed by atoms with Crippen LogP contribution < -0.4 is 5.69 Å². The van der Waals surface area contributed by atoms with Crippen LogP contribution in [0.4, 0.5) is 0 Å². The molecule has 0 radical (unpaired) electrons. The van der Waals surface area contributed by atoms with Gasteiger partial charge in [0, 0.05) is 13.0 Å². The molecule has 5 heteroatoms. The highest BCUT2D eigenvalue weighted by Crippen LogP contribution is 2.17. The van der Waals surface area contributed by atoms with Crippen molar-refractivity contribution in [1.29, 1.82) is 0 Å². The molecule has 0 bridgehead atoms. The number of benzene rings is 1. The summed E-state index contributed by atoms with van der Waals surface area (Å²) in [4.78, 5) is 12.1. The van der Waals surface area contributed by atoms with E-state index in [2.05, 4.69) is 17.2 Å². The zero-order valence-electron chi connectivity index (χ0n) is 10.0. The molecule has 2 aromatic rings. The molecule has 0 saturated carbocycles. The minimum absolute atomic E-state index is 0.0626. The average Bonchev–Trinajstić information content (AvgIpc) is 2.58. The number of aromatic nitrogens is 3. The van der Waals surface area contributed by atoms with Gasteiger partial charge < -0.3 is 5.11 Å². The van der Waals surface area contributed by atoms with Crippen molar-refractivity contribution in [3.63, 3.8) is 0 Å². The third kappa shape index (κ3) is 1.76. The highest BCUT2D eigenvalue weighted by molar-refractivity contribution is 5.31. The predicted molar refractivity (Wildman–Crippen MR) is 66.5 cm³/mol. The number of hydrogen-bond acceptors (Lipinski definition) is 3. The molecule has 94 valence electrons. The summed E-state index contributed by atoms with van der Waals surface area (Å²) in [7, 11) is 0. The maximum atomic E-state index is 12.1. The number of fused-ring (bicyclic) bond motifs is 2. The van der Waals surface area contributed by atoms with Gasteiger partial charge in [-0.25, -0.2) is 9.48 Å². The van der Waals surface area contributed by atoms with E-state index in [1.165, 1.54) is 15.8 Å². The molecule has 1 aliphatic heterocycles. The highest BCUT2D eigenvalue weighted by atomic mass is 16.3. The summed E-state index contributed by atoms with van der Waals surface area (Å²) in [6.07, 6.45) is 1.54. The van der Waals surface area contributed by atoms with Crippen LogP contribution in [-0.2, 0) is 25.9 Å². The molecule has 1 aromatic carbocycles. The second-order valence-corrected chi connectivity index (χ2v) is 4.49. The van der Waals surface area contributed by atoms with Crippen molar-refractivity contribution in [2.45, 2.75) is 25.9 Å². The summed E-state index contributed by atoms with van der Waals surface area (Å²) in [5, 5.41) is 13.2. The number of hydrogen-bond donors (Lipinski definition) is 1. The van der Waals surface area contributed by atoms with Crippen molar-refractivity contribution >= 4 is 0 Å². The van der Waals surface area contributed by atoms with Crippen LogP contribution in [0.15, 0.2) is 29.1 Å². The lowest BCUT2D eigenvalue weighted by atomic mass is 10.0. The van der Waals surface area contributed by atoms with Gasteiger partial charge in [-0.3, -0.25) is 4.57 Å². The Morgan fingerprint density at radius 1 is 1.28 bits per heavy atom. The molecule has 5 nitrogen and oxygen atoms in total. The van der Waals surface area contributed by atoms with E-state index in [0.717, 1.165) is 12.2 Å². The molecule has 2 heterocycles. The molecule has 0 atom stereocenters. The zero-order valence-corrected chi connectivity index (χ0v) is 10.0. The van der Waals surface area contributed by atoms with Crippen molar-refractivity contribution in [2.24, 2.45) is 0 Å². The summed E-state index contributed by atoms with van der Waals surface area (Å²) in [5.74, 6) is 0.790. The molecule has 18 heavy (non-hydrogen) atoms. The molecule has 1 aromatic heterocycles. The third-order valence-corrected chi connectivity index (χ3v) is 3.38. The molecule has 1 N–H and O–H groups in total. The van der Waals surface area contributed by atoms with E-state index in [4.69, 9.17) is 5.11 Å². The fourth-order valence-electron chi connectivity index (χ4n) is 2.46. The van der Waals surface area contributed by atoms with Crippen molar-refractivity contribution in [3.05, 3.63) is 51.7 Å². The minimum atomic E-state index is -0.119. The fraction of sp³-hybridized carbons (Fsp3) is 0.385. The Morgan fingerprint density at radius 2 is 2.06 bits per heavy atom. The van der Waals surface area contributed by atoms with Crippen LogP contribution in [0.1, 0.15) is 17.0 Å². The molecule has 3 rings (SSSR count). The summed E-state index contributed by atoms with van der Waals surface area (Å²) >= 11 is 0. The number of aliphatic hydroxyl groups is 1. The van der Waals surface area contributed by atoms with E-state index >= 15 is 0 Å². The maximum Gasteiger partial charge on any atom is 0.346 e. The topological polar surface area (TPSA) is 60.1 Å². The number of nitrogens with zero attached hydrogens (tertiary/aromatic N) is 3. The number of aryl methyl sites for hydroxylation is 1. The Morgan fingerprint density at radius 3 is 2.83 bits per heavy atom. The van der Waals surface area contributed by atoms with Gasteiger partial charge in [-0.15, -0.1) is 0 Å². The van der Waals surface area contributed by atoms with Gasteiger partial charge in [0.15, 0.2) is 0 Å². The monoisotopic (exact) mass is 245 g/mol. The highest BCUT2D eigenvalue weighted by Gasteiger charge is 2.18. The Bertz CT molecular complexity index is 627. The van der Waals surface area contributed by atoms with E-state index in [1.807, 2.05) is 12.1 Å². The lowest BCUT2D eigenvalue weighted by Crippen LogP contribution is -2.26. The van der Waals surface area contributed by atoms with Gasteiger partial charge >= 0.3 is 5.69 Å². The van der Waals surface area contributed by atoms with Gasteiger partial charge in [0.2, 0.25) is 0 Å². The van der Waals surface area contributed by atoms with Crippen LogP contribution >= 0.6 is 0 Å². The second kappa shape index (κ2) is 4.42. The molecule has 0 saturated heterocycles. The first-order chi connectivity index (χ1) is 8.79. The normalized spacial score (nSPS) is 13.8. The molecule has 0 spiro atoms. The van der Waals surface area contributed by atoms with Gasteiger partial charge in [-0.1, -0.05) is 24.3 Å². The largest absolute Gasteiger partial charge is 0.394 e. The van der Waals surface area contributed by atoms with Crippen LogP contribution in [0, 0.1) is 0 Å². The van der Waals surface area contributed by atoms with Crippen LogP contribution in [0.2, 0.25) is 0 Å². The van der Waals surface area contributed by atoms with E-state index in [-0.39, 0.29) is 18.8 Å². The molecular weight excluding hydrogens is 230 g/mol. The van der Waals surface area contributed by atoms with E-state index < -0.39 is 0 Å². The minimum Gasteiger partial charge on any atom is -0.394 e. The quantitative estimate of drug-likeness (QED) is 0.821. The van der Waals surface area contributed by atoms with Crippen LogP contribution in [0.3, 0.4) is 0 Å². The van der Waals surface area contributed by atoms with Gasteiger partial charge in [-0.2, -0.15) is 5.10 Å². The standard InChI is InChI=1S/C13H15N3O2/c17-8-7-16-13(18)15-6-5-10-3-1-2-4-11(10)9-12(15)14-16/h1-4,17H,5-9H2. The van der Waals surface area contributed by atoms with Crippen molar-refractivity contribution in [3.8, 4) is 0 Å². The lowest BCUT2D eigenvalue weighted by Gasteiger charge is -2.03. The predicted octanol–water partition coefficient (Wildman–Crippen LogP) is 0.184. The van der Waals surface area contributed by atoms with Gasteiger partial charge in [0.05, 0.1) is 13.2 Å². The Kier molecular flexibility index (Phi) is 2.76. The molecule has 0 unspecified atom stereocenters.